The fourth-order valence-electron chi connectivity index (χ4n) is 0.992. The van der Waals surface area contributed by atoms with Crippen LogP contribution in [0.15, 0.2) is 0 Å². The summed E-state index contributed by atoms with van der Waals surface area (Å²) in [5.74, 6) is 0.274. The van der Waals surface area contributed by atoms with Crippen molar-refractivity contribution in [3.8, 4) is 0 Å². The first-order valence-corrected chi connectivity index (χ1v) is 4.99. The van der Waals surface area contributed by atoms with Crippen molar-refractivity contribution in [2.24, 2.45) is 0 Å². The lowest BCUT2D eigenvalue weighted by Gasteiger charge is -2.04. The molecule has 0 bridgehead atoms. The summed E-state index contributed by atoms with van der Waals surface area (Å²) in [6.07, 6.45) is 3.29. The van der Waals surface area contributed by atoms with Gasteiger partial charge in [0.05, 0.1) is 6.10 Å². The normalized spacial score (nSPS) is 12.9. The van der Waals surface area contributed by atoms with Crippen molar-refractivity contribution in [3.63, 3.8) is 0 Å². The van der Waals surface area contributed by atoms with Crippen molar-refractivity contribution >= 4 is 17.4 Å². The van der Waals surface area contributed by atoms with Gasteiger partial charge in [-0.25, -0.2) is 0 Å². The van der Waals surface area contributed by atoms with Crippen molar-refractivity contribution in [2.45, 2.75) is 45.1 Å². The number of halogens is 1. The maximum absolute atomic E-state index is 11.1. The molecular weight excluding hydrogens is 176 g/mol. The molecule has 1 unspecified atom stereocenters. The van der Waals surface area contributed by atoms with Crippen LogP contribution in [-0.4, -0.2) is 22.9 Å². The summed E-state index contributed by atoms with van der Waals surface area (Å²) in [5, 5.41) is 9.03. The smallest absolute Gasteiger partial charge is 0.135 e. The van der Waals surface area contributed by atoms with Gasteiger partial charge in [-0.3, -0.25) is 4.79 Å². The molecule has 0 aromatic carbocycles. The Bertz CT molecular complexity index is 126. The van der Waals surface area contributed by atoms with Gasteiger partial charge >= 0.3 is 0 Å². The first kappa shape index (κ1) is 11.9. The number of Topliss-reactive ketones (excluding diaryl/α,β-unsaturated/α-hetero) is 1. The van der Waals surface area contributed by atoms with Gasteiger partial charge in [0.15, 0.2) is 0 Å². The molecule has 0 spiro atoms. The van der Waals surface area contributed by atoms with Crippen LogP contribution in [0.1, 0.15) is 39.0 Å². The lowest BCUT2D eigenvalue weighted by Crippen LogP contribution is -2.14. The second-order valence-corrected chi connectivity index (χ2v) is 3.32. The molecule has 0 rings (SSSR count). The lowest BCUT2D eigenvalue weighted by molar-refractivity contribution is -0.120. The topological polar surface area (TPSA) is 37.3 Å². The van der Waals surface area contributed by atoms with E-state index < -0.39 is 6.10 Å². The van der Waals surface area contributed by atoms with Crippen LogP contribution in [-0.2, 0) is 4.79 Å². The largest absolute Gasteiger partial charge is 0.391 e. The van der Waals surface area contributed by atoms with Crippen LogP contribution < -0.4 is 0 Å². The molecule has 0 aliphatic carbocycles. The van der Waals surface area contributed by atoms with Crippen LogP contribution in [0.5, 0.6) is 0 Å². The molecule has 0 saturated heterocycles. The second kappa shape index (κ2) is 7.56. The average Bonchev–Trinajstić information content (AvgIpc) is 2.05. The molecule has 0 saturated carbocycles. The summed E-state index contributed by atoms with van der Waals surface area (Å²) in [7, 11) is 0. The van der Waals surface area contributed by atoms with E-state index in [-0.39, 0.29) is 18.1 Å². The molecule has 0 radical (unpaired) electrons. The molecule has 1 N–H and O–H groups in total. The van der Waals surface area contributed by atoms with E-state index in [4.69, 9.17) is 16.7 Å². The zero-order valence-corrected chi connectivity index (χ0v) is 8.31. The van der Waals surface area contributed by atoms with Gasteiger partial charge in [-0.15, -0.1) is 11.6 Å². The molecule has 1 atom stereocenters. The molecule has 0 aliphatic heterocycles. The Balaban J connectivity index is 3.33. The number of hydrogen-bond donors (Lipinski definition) is 1. The minimum Gasteiger partial charge on any atom is -0.391 e. The first-order chi connectivity index (χ1) is 5.70. The van der Waals surface area contributed by atoms with Crippen LogP contribution in [0.3, 0.4) is 0 Å². The molecule has 0 aromatic heterocycles. The van der Waals surface area contributed by atoms with E-state index in [0.29, 0.717) is 6.42 Å². The average molecular weight is 193 g/mol. The molecule has 12 heavy (non-hydrogen) atoms. The van der Waals surface area contributed by atoms with Gasteiger partial charge in [0, 0.05) is 18.7 Å². The predicted octanol–water partition coefficient (Wildman–Crippen LogP) is 2.13. The summed E-state index contributed by atoms with van der Waals surface area (Å²) in [6.45, 7) is 2.10. The number of carbonyl (C=O) groups is 1. The minimum absolute atomic E-state index is 0.122. The number of hydrogen-bond acceptors (Lipinski definition) is 2. The van der Waals surface area contributed by atoms with Crippen LogP contribution in [0, 0.1) is 0 Å². The quantitative estimate of drug-likeness (QED) is 0.496. The van der Waals surface area contributed by atoms with Gasteiger partial charge in [-0.1, -0.05) is 19.8 Å². The lowest BCUT2D eigenvalue weighted by atomic mass is 10.1. The highest BCUT2D eigenvalue weighted by Gasteiger charge is 2.08. The highest BCUT2D eigenvalue weighted by molar-refractivity contribution is 6.18. The number of alkyl halides is 1. The molecule has 0 heterocycles. The van der Waals surface area contributed by atoms with E-state index in [1.54, 1.807) is 0 Å². The monoisotopic (exact) mass is 192 g/mol. The Kier molecular flexibility index (Phi) is 7.51. The van der Waals surface area contributed by atoms with Crippen molar-refractivity contribution in [2.75, 3.05) is 5.88 Å². The van der Waals surface area contributed by atoms with Gasteiger partial charge in [0.1, 0.15) is 5.78 Å². The summed E-state index contributed by atoms with van der Waals surface area (Å²) in [6, 6.07) is 0. The summed E-state index contributed by atoms with van der Waals surface area (Å²) < 4.78 is 0. The SMILES string of the molecule is CCCCCC(=O)CC(O)CCl. The second-order valence-electron chi connectivity index (χ2n) is 3.01. The molecule has 3 heteroatoms. The highest BCUT2D eigenvalue weighted by atomic mass is 35.5. The van der Waals surface area contributed by atoms with E-state index in [0.717, 1.165) is 19.3 Å². The fraction of sp³-hybridized carbons (Fsp3) is 0.889. The summed E-state index contributed by atoms with van der Waals surface area (Å²) >= 11 is 5.36. The number of aliphatic hydroxyl groups is 1. The predicted molar refractivity (Wildman–Crippen MR) is 50.5 cm³/mol. The maximum Gasteiger partial charge on any atom is 0.135 e. The Labute approximate surface area is 78.9 Å². The van der Waals surface area contributed by atoms with Crippen molar-refractivity contribution < 1.29 is 9.90 Å². The van der Waals surface area contributed by atoms with Gasteiger partial charge in [-0.05, 0) is 6.42 Å². The minimum atomic E-state index is -0.652. The zero-order valence-electron chi connectivity index (χ0n) is 7.55. The van der Waals surface area contributed by atoms with E-state index in [1.807, 2.05) is 0 Å². The van der Waals surface area contributed by atoms with Crippen LogP contribution in [0.4, 0.5) is 0 Å². The third-order valence-corrected chi connectivity index (χ3v) is 2.06. The van der Waals surface area contributed by atoms with Gasteiger partial charge < -0.3 is 5.11 Å². The molecule has 72 valence electrons. The van der Waals surface area contributed by atoms with Crippen LogP contribution in [0.2, 0.25) is 0 Å². The standard InChI is InChI=1S/C9H17ClO2/c1-2-3-4-5-8(11)6-9(12)7-10/h9,12H,2-7H2,1H3. The van der Waals surface area contributed by atoms with E-state index in [9.17, 15) is 4.79 Å². The third-order valence-electron chi connectivity index (χ3n) is 1.70. The molecule has 0 aliphatic rings. The van der Waals surface area contributed by atoms with E-state index in [2.05, 4.69) is 6.92 Å². The van der Waals surface area contributed by atoms with Gasteiger partial charge in [0.2, 0.25) is 0 Å². The third kappa shape index (κ3) is 6.62. The number of ketones is 1. The number of unbranched alkanes of at least 4 members (excludes halogenated alkanes) is 2. The van der Waals surface area contributed by atoms with Gasteiger partial charge in [-0.2, -0.15) is 0 Å². The van der Waals surface area contributed by atoms with Crippen molar-refractivity contribution in [1.29, 1.82) is 0 Å². The zero-order chi connectivity index (χ0) is 9.40. The Morgan fingerprint density at radius 1 is 1.50 bits per heavy atom. The van der Waals surface area contributed by atoms with Gasteiger partial charge in [0.25, 0.3) is 0 Å². The van der Waals surface area contributed by atoms with E-state index in [1.165, 1.54) is 0 Å². The number of carbonyl (C=O) groups excluding carboxylic acids is 1. The Hall–Kier alpha value is -0.0800. The highest BCUT2D eigenvalue weighted by Crippen LogP contribution is 2.04. The Morgan fingerprint density at radius 3 is 2.67 bits per heavy atom. The van der Waals surface area contributed by atoms with Crippen LogP contribution >= 0.6 is 11.6 Å². The van der Waals surface area contributed by atoms with Crippen LogP contribution in [0.25, 0.3) is 0 Å². The van der Waals surface area contributed by atoms with Crippen molar-refractivity contribution in [1.82, 2.24) is 0 Å². The number of aliphatic hydroxyl groups excluding tert-OH is 1. The van der Waals surface area contributed by atoms with E-state index >= 15 is 0 Å². The maximum atomic E-state index is 11.1. The molecule has 2 nitrogen and oxygen atoms in total. The summed E-state index contributed by atoms with van der Waals surface area (Å²) in [4.78, 5) is 11.1. The molecule has 0 fully saturated rings. The molecule has 0 aromatic rings. The fourth-order valence-corrected chi connectivity index (χ4v) is 1.10. The summed E-state index contributed by atoms with van der Waals surface area (Å²) in [5.41, 5.74) is 0. The first-order valence-electron chi connectivity index (χ1n) is 4.46. The van der Waals surface area contributed by atoms with Crippen molar-refractivity contribution in [3.05, 3.63) is 0 Å². The Morgan fingerprint density at radius 2 is 2.17 bits per heavy atom. The number of rotatable bonds is 7. The molecule has 0 amide bonds. The molecular formula is C9H17ClO2.